The molecular formula is C11H18N2O2. The molecule has 4 nitrogen and oxygen atoms in total. The van der Waals surface area contributed by atoms with Gasteiger partial charge in [0.15, 0.2) is 0 Å². The lowest BCUT2D eigenvalue weighted by atomic mass is 9.81. The van der Waals surface area contributed by atoms with E-state index in [0.29, 0.717) is 19.1 Å². The second kappa shape index (κ2) is 7.03. The topological polar surface area (TPSA) is 62.4 Å². The minimum Gasteiger partial charge on any atom is -0.427 e. The first kappa shape index (κ1) is 13.7. The third kappa shape index (κ3) is 7.72. The van der Waals surface area contributed by atoms with E-state index in [1.807, 2.05) is 6.92 Å². The Morgan fingerprint density at radius 3 is 2.73 bits per heavy atom. The molecule has 0 bridgehead atoms. The van der Waals surface area contributed by atoms with Crippen molar-refractivity contribution in [3.05, 3.63) is 0 Å². The van der Waals surface area contributed by atoms with Crippen molar-refractivity contribution < 1.29 is 9.53 Å². The molecule has 0 aromatic heterocycles. The summed E-state index contributed by atoms with van der Waals surface area (Å²) in [6.45, 7) is 7.26. The van der Waals surface area contributed by atoms with E-state index in [1.165, 1.54) is 0 Å². The molecule has 4 heteroatoms. The zero-order valence-electron chi connectivity index (χ0n) is 9.62. The average Bonchev–Trinajstić information content (AvgIpc) is 2.14. The first-order chi connectivity index (χ1) is 7.02. The Hall–Kier alpha value is -1.33. The highest BCUT2D eigenvalue weighted by Gasteiger charge is 2.21. The van der Waals surface area contributed by atoms with Gasteiger partial charge in [-0.3, -0.25) is 0 Å². The Morgan fingerprint density at radius 2 is 2.20 bits per heavy atom. The van der Waals surface area contributed by atoms with Gasteiger partial charge in [0.05, 0.1) is 6.54 Å². The molecule has 0 aliphatic heterocycles. The molecule has 0 rings (SSSR count). The maximum atomic E-state index is 9.94. The van der Waals surface area contributed by atoms with E-state index in [4.69, 9.17) is 5.26 Å². The Bertz CT molecular complexity index is 262. The molecule has 0 N–H and O–H groups in total. The van der Waals surface area contributed by atoms with Crippen molar-refractivity contribution in [3.8, 4) is 6.26 Å². The molecule has 1 unspecified atom stereocenters. The summed E-state index contributed by atoms with van der Waals surface area (Å²) in [4.78, 5) is 13.5. The molecule has 84 valence electrons. The molecule has 0 radical (unpaired) electrons. The van der Waals surface area contributed by atoms with E-state index in [9.17, 15) is 4.79 Å². The quantitative estimate of drug-likeness (QED) is 0.280. The number of hydrogen-bond donors (Lipinski definition) is 0. The number of carbonyl (C=O) groups excluding carboxylic acids is 1. The van der Waals surface area contributed by atoms with Crippen molar-refractivity contribution in [2.75, 3.05) is 13.2 Å². The normalized spacial score (nSPS) is 12.4. The van der Waals surface area contributed by atoms with Crippen molar-refractivity contribution in [2.24, 2.45) is 16.3 Å². The number of nitrogens with zero attached hydrogens (tertiary/aromatic N) is 2. The van der Waals surface area contributed by atoms with E-state index in [-0.39, 0.29) is 5.41 Å². The first-order valence-electron chi connectivity index (χ1n) is 5.06. The van der Waals surface area contributed by atoms with Crippen molar-refractivity contribution >= 4 is 6.08 Å². The maximum absolute atomic E-state index is 9.94. The van der Waals surface area contributed by atoms with E-state index in [2.05, 4.69) is 23.6 Å². The Kier molecular flexibility index (Phi) is 6.40. The van der Waals surface area contributed by atoms with Gasteiger partial charge in [-0.1, -0.05) is 20.8 Å². The van der Waals surface area contributed by atoms with Gasteiger partial charge in [0.1, 0.15) is 6.61 Å². The van der Waals surface area contributed by atoms with Crippen molar-refractivity contribution in [1.29, 1.82) is 5.26 Å². The number of nitriles is 1. The largest absolute Gasteiger partial charge is 0.427 e. The van der Waals surface area contributed by atoms with Crippen LogP contribution in [0.25, 0.3) is 0 Å². The van der Waals surface area contributed by atoms with Gasteiger partial charge < -0.3 is 4.74 Å². The molecule has 0 aliphatic carbocycles. The molecule has 0 aliphatic rings. The van der Waals surface area contributed by atoms with Crippen molar-refractivity contribution in [1.82, 2.24) is 0 Å². The summed E-state index contributed by atoms with van der Waals surface area (Å²) >= 11 is 0. The molecular weight excluding hydrogens is 192 g/mol. The van der Waals surface area contributed by atoms with Crippen molar-refractivity contribution in [3.63, 3.8) is 0 Å². The van der Waals surface area contributed by atoms with Crippen LogP contribution in [-0.2, 0) is 9.53 Å². The monoisotopic (exact) mass is 210 g/mol. The molecule has 0 spiro atoms. The number of rotatable bonds is 7. The lowest BCUT2D eigenvalue weighted by molar-refractivity contribution is 0.177. The van der Waals surface area contributed by atoms with Gasteiger partial charge in [-0.05, 0) is 24.2 Å². The molecule has 0 amide bonds. The molecule has 0 saturated heterocycles. The summed E-state index contributed by atoms with van der Waals surface area (Å²) in [7, 11) is 0. The molecule has 1 atom stereocenters. The second-order valence-corrected chi connectivity index (χ2v) is 4.60. The second-order valence-electron chi connectivity index (χ2n) is 4.60. The van der Waals surface area contributed by atoms with Crippen molar-refractivity contribution in [2.45, 2.75) is 33.6 Å². The minimum atomic E-state index is 0.106. The zero-order chi connectivity index (χ0) is 11.7. The third-order valence-corrected chi connectivity index (χ3v) is 2.31. The van der Waals surface area contributed by atoms with E-state index >= 15 is 0 Å². The summed E-state index contributed by atoms with van der Waals surface area (Å²) in [6, 6.07) is 0. The van der Waals surface area contributed by atoms with Crippen LogP contribution in [-0.4, -0.2) is 19.2 Å². The lowest BCUT2D eigenvalue weighted by Gasteiger charge is -2.26. The van der Waals surface area contributed by atoms with E-state index < -0.39 is 0 Å². The van der Waals surface area contributed by atoms with E-state index in [1.54, 1.807) is 12.3 Å². The van der Waals surface area contributed by atoms with Gasteiger partial charge in [0.25, 0.3) is 6.26 Å². The zero-order valence-corrected chi connectivity index (χ0v) is 9.62. The van der Waals surface area contributed by atoms with Crippen LogP contribution < -0.4 is 0 Å². The van der Waals surface area contributed by atoms with Gasteiger partial charge in [-0.15, -0.1) is 0 Å². The van der Waals surface area contributed by atoms with Gasteiger partial charge in [0, 0.05) is 0 Å². The van der Waals surface area contributed by atoms with Crippen LogP contribution in [0.5, 0.6) is 0 Å². The fourth-order valence-corrected chi connectivity index (χ4v) is 1.68. The fourth-order valence-electron chi connectivity index (χ4n) is 1.68. The Labute approximate surface area is 91.0 Å². The highest BCUT2D eigenvalue weighted by atomic mass is 16.5. The number of isocyanates is 1. The van der Waals surface area contributed by atoms with Crippen LogP contribution in [0, 0.1) is 22.9 Å². The summed E-state index contributed by atoms with van der Waals surface area (Å²) in [6.07, 6.45) is 4.98. The summed E-state index contributed by atoms with van der Waals surface area (Å²) in [5, 5.41) is 8.23. The van der Waals surface area contributed by atoms with Crippen LogP contribution in [0.15, 0.2) is 4.99 Å². The smallest absolute Gasteiger partial charge is 0.286 e. The molecule has 0 saturated carbocycles. The average molecular weight is 210 g/mol. The van der Waals surface area contributed by atoms with Gasteiger partial charge in [-0.2, -0.15) is 5.26 Å². The summed E-state index contributed by atoms with van der Waals surface area (Å²) < 4.78 is 4.65. The number of aliphatic imine (C=N–C) groups is 1. The third-order valence-electron chi connectivity index (χ3n) is 2.31. The number of hydrogen-bond acceptors (Lipinski definition) is 4. The predicted molar refractivity (Wildman–Crippen MR) is 56.7 cm³/mol. The lowest BCUT2D eigenvalue weighted by Crippen LogP contribution is -2.19. The van der Waals surface area contributed by atoms with Gasteiger partial charge in [0.2, 0.25) is 6.08 Å². The molecule has 0 heterocycles. The van der Waals surface area contributed by atoms with Crippen LogP contribution in [0.2, 0.25) is 0 Å². The van der Waals surface area contributed by atoms with Crippen LogP contribution in [0.3, 0.4) is 0 Å². The van der Waals surface area contributed by atoms with Crippen LogP contribution in [0.1, 0.15) is 33.6 Å². The predicted octanol–water partition coefficient (Wildman–Crippen LogP) is 2.26. The maximum Gasteiger partial charge on any atom is 0.286 e. The highest BCUT2D eigenvalue weighted by Crippen LogP contribution is 2.29. The van der Waals surface area contributed by atoms with Crippen LogP contribution >= 0.6 is 0 Å². The molecule has 0 aromatic carbocycles. The summed E-state index contributed by atoms with van der Waals surface area (Å²) in [5.41, 5.74) is 0.106. The van der Waals surface area contributed by atoms with E-state index in [0.717, 1.165) is 12.8 Å². The number of ether oxygens (including phenoxy) is 1. The molecule has 0 fully saturated rings. The minimum absolute atomic E-state index is 0.106. The van der Waals surface area contributed by atoms with Gasteiger partial charge >= 0.3 is 0 Å². The summed E-state index contributed by atoms with van der Waals surface area (Å²) in [5.74, 6) is 0.350. The standard InChI is InChI=1S/C11H18N2O2/c1-10(7-13-9-14)6-11(2,3)4-5-15-8-12/h10H,4-7H2,1-3H3. The first-order valence-corrected chi connectivity index (χ1v) is 5.06. The molecule has 15 heavy (non-hydrogen) atoms. The SMILES string of the molecule is CC(CN=C=O)CC(C)(C)CCOC#N. The van der Waals surface area contributed by atoms with Crippen LogP contribution in [0.4, 0.5) is 0 Å². The highest BCUT2D eigenvalue weighted by molar-refractivity contribution is 5.32. The Morgan fingerprint density at radius 1 is 1.53 bits per heavy atom. The van der Waals surface area contributed by atoms with Gasteiger partial charge in [-0.25, -0.2) is 9.79 Å². The Balaban J connectivity index is 3.90. The fraction of sp³-hybridized carbons (Fsp3) is 0.818. The molecule has 0 aromatic rings.